The van der Waals surface area contributed by atoms with E-state index < -0.39 is 0 Å². The minimum atomic E-state index is 0.263. The van der Waals surface area contributed by atoms with Crippen LogP contribution in [0.1, 0.15) is 44.6 Å². The van der Waals surface area contributed by atoms with Crippen molar-refractivity contribution in [1.82, 2.24) is 5.32 Å². The molecule has 0 amide bonds. The first-order chi connectivity index (χ1) is 9.22. The quantitative estimate of drug-likeness (QED) is 0.817. The zero-order valence-electron chi connectivity index (χ0n) is 12.0. The predicted octanol–water partition coefficient (Wildman–Crippen LogP) is 3.46. The highest BCUT2D eigenvalue weighted by molar-refractivity contribution is 5.45. The van der Waals surface area contributed by atoms with Crippen molar-refractivity contribution in [2.75, 3.05) is 7.11 Å². The number of rotatable bonds is 4. The van der Waals surface area contributed by atoms with E-state index in [0.29, 0.717) is 18.3 Å². The van der Waals surface area contributed by atoms with Gasteiger partial charge in [-0.05, 0) is 24.8 Å². The molecule has 2 unspecified atom stereocenters. The van der Waals surface area contributed by atoms with Crippen molar-refractivity contribution >= 4 is 0 Å². The van der Waals surface area contributed by atoms with Crippen molar-refractivity contribution in [2.24, 2.45) is 5.92 Å². The summed E-state index contributed by atoms with van der Waals surface area (Å²) in [6, 6.07) is 6.22. The van der Waals surface area contributed by atoms with Gasteiger partial charge in [0.2, 0.25) is 0 Å². The van der Waals surface area contributed by atoms with Gasteiger partial charge in [0.25, 0.3) is 0 Å². The van der Waals surface area contributed by atoms with Gasteiger partial charge in [-0.1, -0.05) is 38.3 Å². The summed E-state index contributed by atoms with van der Waals surface area (Å²) < 4.78 is 5.14. The number of hydrogen-bond acceptors (Lipinski definition) is 3. The van der Waals surface area contributed by atoms with Crippen LogP contribution in [0.5, 0.6) is 11.5 Å². The molecule has 3 nitrogen and oxygen atoms in total. The average molecular weight is 263 g/mol. The van der Waals surface area contributed by atoms with Crippen LogP contribution in [-0.2, 0) is 6.54 Å². The first kappa shape index (κ1) is 14.2. The number of aromatic hydroxyl groups is 1. The maximum absolute atomic E-state index is 10.1. The van der Waals surface area contributed by atoms with Crippen LogP contribution in [0, 0.1) is 5.92 Å². The molecular weight excluding hydrogens is 238 g/mol. The Morgan fingerprint density at radius 2 is 2.05 bits per heavy atom. The number of para-hydroxylation sites is 1. The third kappa shape index (κ3) is 3.63. The highest BCUT2D eigenvalue weighted by Gasteiger charge is 2.19. The maximum Gasteiger partial charge on any atom is 0.162 e. The Bertz CT molecular complexity index is 406. The van der Waals surface area contributed by atoms with E-state index in [4.69, 9.17) is 4.74 Å². The average Bonchev–Trinajstić information content (AvgIpc) is 2.62. The molecule has 19 heavy (non-hydrogen) atoms. The highest BCUT2D eigenvalue weighted by atomic mass is 16.5. The van der Waals surface area contributed by atoms with E-state index >= 15 is 0 Å². The molecular formula is C16H25NO2. The van der Waals surface area contributed by atoms with Crippen LogP contribution in [0.15, 0.2) is 18.2 Å². The number of hydrogen-bond donors (Lipinski definition) is 2. The standard InChI is InChI=1S/C16H25NO2/c1-12-7-4-3-5-9-14(12)17-11-13-8-6-10-15(19-2)16(13)18/h6,8,10,12,14,17-18H,3-5,7,9,11H2,1-2H3. The molecule has 2 atom stereocenters. The highest BCUT2D eigenvalue weighted by Crippen LogP contribution is 2.30. The number of phenols is 1. The van der Waals surface area contributed by atoms with E-state index in [9.17, 15) is 5.11 Å². The van der Waals surface area contributed by atoms with Crippen LogP contribution < -0.4 is 10.1 Å². The molecule has 0 bridgehead atoms. The molecule has 0 radical (unpaired) electrons. The minimum Gasteiger partial charge on any atom is -0.504 e. The summed E-state index contributed by atoms with van der Waals surface area (Å²) in [4.78, 5) is 0. The number of methoxy groups -OCH3 is 1. The van der Waals surface area contributed by atoms with Gasteiger partial charge in [0.1, 0.15) is 0 Å². The minimum absolute atomic E-state index is 0.263. The van der Waals surface area contributed by atoms with Gasteiger partial charge in [0.15, 0.2) is 11.5 Å². The molecule has 0 spiro atoms. The van der Waals surface area contributed by atoms with Crippen LogP contribution >= 0.6 is 0 Å². The summed E-state index contributed by atoms with van der Waals surface area (Å²) >= 11 is 0. The molecule has 1 aromatic rings. The third-order valence-electron chi connectivity index (χ3n) is 4.22. The van der Waals surface area contributed by atoms with Crippen molar-refractivity contribution in [1.29, 1.82) is 0 Å². The topological polar surface area (TPSA) is 41.5 Å². The molecule has 1 aliphatic rings. The lowest BCUT2D eigenvalue weighted by atomic mass is 9.96. The van der Waals surface area contributed by atoms with Crippen molar-refractivity contribution in [3.63, 3.8) is 0 Å². The van der Waals surface area contributed by atoms with Crippen molar-refractivity contribution in [3.8, 4) is 11.5 Å². The van der Waals surface area contributed by atoms with Crippen LogP contribution in [0.25, 0.3) is 0 Å². The molecule has 1 fully saturated rings. The molecule has 1 saturated carbocycles. The van der Waals surface area contributed by atoms with E-state index in [1.54, 1.807) is 13.2 Å². The van der Waals surface area contributed by atoms with Crippen LogP contribution in [0.2, 0.25) is 0 Å². The first-order valence-electron chi connectivity index (χ1n) is 7.30. The van der Waals surface area contributed by atoms with Crippen LogP contribution in [0.3, 0.4) is 0 Å². The van der Waals surface area contributed by atoms with Gasteiger partial charge >= 0.3 is 0 Å². The van der Waals surface area contributed by atoms with Gasteiger partial charge in [0, 0.05) is 18.2 Å². The van der Waals surface area contributed by atoms with Crippen molar-refractivity contribution < 1.29 is 9.84 Å². The molecule has 0 aromatic heterocycles. The largest absolute Gasteiger partial charge is 0.504 e. The summed E-state index contributed by atoms with van der Waals surface area (Å²) in [5.41, 5.74) is 0.913. The third-order valence-corrected chi connectivity index (χ3v) is 4.22. The molecule has 2 N–H and O–H groups in total. The second kappa shape index (κ2) is 6.80. The van der Waals surface area contributed by atoms with Gasteiger partial charge in [0.05, 0.1) is 7.11 Å². The Labute approximate surface area is 116 Å². The molecule has 3 heteroatoms. The van der Waals surface area contributed by atoms with Gasteiger partial charge in [-0.25, -0.2) is 0 Å². The number of ether oxygens (including phenoxy) is 1. The fourth-order valence-electron chi connectivity index (χ4n) is 2.91. The Morgan fingerprint density at radius 1 is 1.26 bits per heavy atom. The van der Waals surface area contributed by atoms with Gasteiger partial charge in [-0.15, -0.1) is 0 Å². The zero-order chi connectivity index (χ0) is 13.7. The molecule has 1 aromatic carbocycles. The van der Waals surface area contributed by atoms with E-state index in [0.717, 1.165) is 11.5 Å². The number of nitrogens with one attached hydrogen (secondary N) is 1. The van der Waals surface area contributed by atoms with Crippen molar-refractivity contribution in [2.45, 2.75) is 51.6 Å². The van der Waals surface area contributed by atoms with Crippen LogP contribution in [-0.4, -0.2) is 18.3 Å². The summed E-state index contributed by atoms with van der Waals surface area (Å²) in [6.45, 7) is 3.03. The molecule has 2 rings (SSSR count). The normalized spacial score (nSPS) is 23.9. The fraction of sp³-hybridized carbons (Fsp3) is 0.625. The number of benzene rings is 1. The molecule has 0 aliphatic heterocycles. The summed E-state index contributed by atoms with van der Waals surface area (Å²) in [7, 11) is 1.58. The van der Waals surface area contributed by atoms with Gasteiger partial charge < -0.3 is 15.2 Å². The lowest BCUT2D eigenvalue weighted by Gasteiger charge is -2.23. The molecule has 0 saturated heterocycles. The van der Waals surface area contributed by atoms with E-state index in [2.05, 4.69) is 12.2 Å². The maximum atomic E-state index is 10.1. The van der Waals surface area contributed by atoms with E-state index in [1.165, 1.54) is 32.1 Å². The zero-order valence-corrected chi connectivity index (χ0v) is 12.0. The Morgan fingerprint density at radius 3 is 2.84 bits per heavy atom. The molecule has 0 heterocycles. The van der Waals surface area contributed by atoms with E-state index in [-0.39, 0.29) is 5.75 Å². The first-order valence-corrected chi connectivity index (χ1v) is 7.30. The summed E-state index contributed by atoms with van der Waals surface area (Å²) in [5, 5.41) is 13.7. The molecule has 1 aliphatic carbocycles. The lowest BCUT2D eigenvalue weighted by molar-refractivity contribution is 0.346. The lowest BCUT2D eigenvalue weighted by Crippen LogP contribution is -2.33. The Hall–Kier alpha value is -1.22. The number of phenolic OH excluding ortho intramolecular Hbond substituents is 1. The van der Waals surface area contributed by atoms with Crippen LogP contribution in [0.4, 0.5) is 0 Å². The predicted molar refractivity (Wildman–Crippen MR) is 77.5 cm³/mol. The SMILES string of the molecule is COc1cccc(CNC2CCCCCC2C)c1O. The monoisotopic (exact) mass is 263 g/mol. The summed E-state index contributed by atoms with van der Waals surface area (Å²) in [6.07, 6.45) is 6.57. The fourth-order valence-corrected chi connectivity index (χ4v) is 2.91. The van der Waals surface area contributed by atoms with Gasteiger partial charge in [-0.2, -0.15) is 0 Å². The second-order valence-electron chi connectivity index (χ2n) is 5.57. The van der Waals surface area contributed by atoms with Crippen molar-refractivity contribution in [3.05, 3.63) is 23.8 Å². The second-order valence-corrected chi connectivity index (χ2v) is 5.57. The summed E-state index contributed by atoms with van der Waals surface area (Å²) in [5.74, 6) is 1.53. The molecule has 106 valence electrons. The Kier molecular flexibility index (Phi) is 5.08. The van der Waals surface area contributed by atoms with E-state index in [1.807, 2.05) is 12.1 Å². The Balaban J connectivity index is 1.97. The van der Waals surface area contributed by atoms with Gasteiger partial charge in [-0.3, -0.25) is 0 Å². The smallest absolute Gasteiger partial charge is 0.162 e.